The highest BCUT2D eigenvalue weighted by molar-refractivity contribution is 7.13. The Morgan fingerprint density at radius 3 is 2.52 bits per heavy atom. The lowest BCUT2D eigenvalue weighted by Gasteiger charge is -2.12. The number of nitrogens with one attached hydrogen (secondary N) is 1. The molecule has 0 aliphatic rings. The maximum Gasteiger partial charge on any atom is 0.223 e. The number of aromatic nitrogens is 4. The van der Waals surface area contributed by atoms with E-state index in [0.717, 1.165) is 39.0 Å². The first-order valence-corrected chi connectivity index (χ1v) is 9.90. The molecule has 148 valence electrons. The third-order valence-corrected chi connectivity index (χ3v) is 5.34. The van der Waals surface area contributed by atoms with E-state index in [1.807, 2.05) is 53.7 Å². The molecular formula is C21H21N5O2S. The number of aryl methyl sites for hydroxylation is 1. The molecule has 8 heteroatoms. The summed E-state index contributed by atoms with van der Waals surface area (Å²) in [6.45, 7) is 0.541. The minimum Gasteiger partial charge on any atom is -0.497 e. The standard InChI is InChI=1S/C21H21N5O2S/c1-26-7-6-22-20(26)17-13-24-21(25-19(17)18-5-4-8-29-18)23-12-14-9-15(27-2)11-16(10-14)28-3/h4-11,13H,12H2,1-3H3,(H,23,24,25). The number of ether oxygens (including phenoxy) is 2. The van der Waals surface area contributed by atoms with Crippen LogP contribution in [-0.4, -0.2) is 33.7 Å². The number of anilines is 1. The van der Waals surface area contributed by atoms with Gasteiger partial charge in [-0.2, -0.15) is 0 Å². The van der Waals surface area contributed by atoms with Crippen molar-refractivity contribution >= 4 is 17.3 Å². The van der Waals surface area contributed by atoms with Crippen LogP contribution >= 0.6 is 11.3 Å². The number of methoxy groups -OCH3 is 2. The Kier molecular flexibility index (Phi) is 5.44. The first-order chi connectivity index (χ1) is 14.2. The van der Waals surface area contributed by atoms with Gasteiger partial charge in [0.05, 0.1) is 30.4 Å². The number of nitrogens with zero attached hydrogens (tertiary/aromatic N) is 4. The highest BCUT2D eigenvalue weighted by atomic mass is 32.1. The second kappa shape index (κ2) is 8.32. The lowest BCUT2D eigenvalue weighted by molar-refractivity contribution is 0.393. The molecule has 29 heavy (non-hydrogen) atoms. The second-order valence-corrected chi connectivity index (χ2v) is 7.32. The lowest BCUT2D eigenvalue weighted by atomic mass is 10.2. The summed E-state index contributed by atoms with van der Waals surface area (Å²) >= 11 is 1.64. The molecule has 0 saturated carbocycles. The fourth-order valence-corrected chi connectivity index (χ4v) is 3.73. The van der Waals surface area contributed by atoms with Crippen molar-refractivity contribution < 1.29 is 9.47 Å². The zero-order valence-electron chi connectivity index (χ0n) is 16.4. The van der Waals surface area contributed by atoms with Crippen molar-refractivity contribution in [2.45, 2.75) is 6.54 Å². The van der Waals surface area contributed by atoms with Gasteiger partial charge in [-0.1, -0.05) is 6.07 Å². The Balaban J connectivity index is 1.64. The zero-order valence-corrected chi connectivity index (χ0v) is 17.2. The van der Waals surface area contributed by atoms with Gasteiger partial charge in [0, 0.05) is 38.2 Å². The van der Waals surface area contributed by atoms with Crippen molar-refractivity contribution in [1.82, 2.24) is 19.5 Å². The van der Waals surface area contributed by atoms with Gasteiger partial charge in [-0.05, 0) is 29.1 Å². The van der Waals surface area contributed by atoms with Crippen LogP contribution in [0.1, 0.15) is 5.56 Å². The Morgan fingerprint density at radius 1 is 1.10 bits per heavy atom. The van der Waals surface area contributed by atoms with E-state index in [4.69, 9.17) is 14.5 Å². The third-order valence-electron chi connectivity index (χ3n) is 4.47. The highest BCUT2D eigenvalue weighted by Gasteiger charge is 2.15. The van der Waals surface area contributed by atoms with E-state index >= 15 is 0 Å². The lowest BCUT2D eigenvalue weighted by Crippen LogP contribution is -2.06. The van der Waals surface area contributed by atoms with Crippen molar-refractivity contribution in [3.05, 3.63) is 59.9 Å². The van der Waals surface area contributed by atoms with Gasteiger partial charge >= 0.3 is 0 Å². The van der Waals surface area contributed by atoms with Crippen LogP contribution in [0.5, 0.6) is 11.5 Å². The maximum atomic E-state index is 5.34. The minimum atomic E-state index is 0.541. The van der Waals surface area contributed by atoms with E-state index in [2.05, 4.69) is 21.4 Å². The van der Waals surface area contributed by atoms with Gasteiger partial charge in [-0.3, -0.25) is 0 Å². The molecular weight excluding hydrogens is 386 g/mol. The molecule has 3 aromatic heterocycles. The first kappa shape index (κ1) is 18.9. The first-order valence-electron chi connectivity index (χ1n) is 9.02. The SMILES string of the molecule is COc1cc(CNc2ncc(-c3nccn3C)c(-c3cccs3)n2)cc(OC)c1. The Morgan fingerprint density at radius 2 is 1.90 bits per heavy atom. The van der Waals surface area contributed by atoms with E-state index in [9.17, 15) is 0 Å². The number of rotatable bonds is 7. The fourth-order valence-electron chi connectivity index (χ4n) is 3.01. The molecule has 1 aromatic carbocycles. The van der Waals surface area contributed by atoms with Gasteiger partial charge in [-0.25, -0.2) is 15.0 Å². The molecule has 4 aromatic rings. The van der Waals surface area contributed by atoms with Crippen LogP contribution in [0.15, 0.2) is 54.3 Å². The molecule has 0 bridgehead atoms. The van der Waals surface area contributed by atoms with Gasteiger partial charge in [0.25, 0.3) is 0 Å². The molecule has 0 saturated heterocycles. The molecule has 0 spiro atoms. The topological polar surface area (TPSA) is 74.1 Å². The summed E-state index contributed by atoms with van der Waals surface area (Å²) in [4.78, 5) is 14.8. The number of thiophene rings is 1. The molecule has 0 unspecified atom stereocenters. The van der Waals surface area contributed by atoms with Crippen LogP contribution in [0.4, 0.5) is 5.95 Å². The molecule has 0 aliphatic carbocycles. The van der Waals surface area contributed by atoms with Crippen LogP contribution < -0.4 is 14.8 Å². The summed E-state index contributed by atoms with van der Waals surface area (Å²) in [5.41, 5.74) is 2.76. The van der Waals surface area contributed by atoms with Gasteiger partial charge in [0.1, 0.15) is 17.3 Å². The molecule has 0 aliphatic heterocycles. The van der Waals surface area contributed by atoms with Gasteiger partial charge in [-0.15, -0.1) is 11.3 Å². The van der Waals surface area contributed by atoms with Crippen LogP contribution in [0.3, 0.4) is 0 Å². The van der Waals surface area contributed by atoms with Crippen molar-refractivity contribution in [3.63, 3.8) is 0 Å². The van der Waals surface area contributed by atoms with Crippen molar-refractivity contribution in [3.8, 4) is 33.5 Å². The maximum absolute atomic E-state index is 5.34. The van der Waals surface area contributed by atoms with E-state index in [1.54, 1.807) is 31.8 Å². The summed E-state index contributed by atoms with van der Waals surface area (Å²) in [6.07, 6.45) is 5.50. The summed E-state index contributed by atoms with van der Waals surface area (Å²) in [7, 11) is 5.24. The van der Waals surface area contributed by atoms with Crippen LogP contribution in [0.2, 0.25) is 0 Å². The Labute approximate surface area is 173 Å². The minimum absolute atomic E-state index is 0.541. The Hall–Kier alpha value is -3.39. The predicted octanol–water partition coefficient (Wildman–Crippen LogP) is 4.23. The number of hydrogen-bond donors (Lipinski definition) is 1. The predicted molar refractivity (Wildman–Crippen MR) is 114 cm³/mol. The zero-order chi connectivity index (χ0) is 20.2. The number of imidazole rings is 1. The normalized spacial score (nSPS) is 10.7. The number of benzene rings is 1. The fraction of sp³-hybridized carbons (Fsp3) is 0.190. The summed E-state index contributed by atoms with van der Waals surface area (Å²) in [5.74, 6) is 2.86. The smallest absolute Gasteiger partial charge is 0.223 e. The van der Waals surface area contributed by atoms with Crippen molar-refractivity contribution in [2.24, 2.45) is 7.05 Å². The molecule has 0 fully saturated rings. The molecule has 4 rings (SSSR count). The van der Waals surface area contributed by atoms with E-state index < -0.39 is 0 Å². The monoisotopic (exact) mass is 407 g/mol. The third kappa shape index (κ3) is 4.07. The van der Waals surface area contributed by atoms with Crippen LogP contribution in [0.25, 0.3) is 22.0 Å². The summed E-state index contributed by atoms with van der Waals surface area (Å²) in [5, 5.41) is 5.33. The number of hydrogen-bond acceptors (Lipinski definition) is 7. The van der Waals surface area contributed by atoms with Crippen LogP contribution in [0, 0.1) is 0 Å². The molecule has 1 N–H and O–H groups in total. The highest BCUT2D eigenvalue weighted by Crippen LogP contribution is 2.32. The van der Waals surface area contributed by atoms with Crippen LogP contribution in [-0.2, 0) is 13.6 Å². The largest absolute Gasteiger partial charge is 0.497 e. The molecule has 3 heterocycles. The summed E-state index contributed by atoms with van der Waals surface area (Å²) < 4.78 is 12.6. The van der Waals surface area contributed by atoms with Gasteiger partial charge < -0.3 is 19.4 Å². The van der Waals surface area contributed by atoms with Gasteiger partial charge in [0.2, 0.25) is 5.95 Å². The molecule has 0 atom stereocenters. The average Bonchev–Trinajstić information content (AvgIpc) is 3.43. The quantitative estimate of drug-likeness (QED) is 0.494. The van der Waals surface area contributed by atoms with Crippen molar-refractivity contribution in [2.75, 3.05) is 19.5 Å². The van der Waals surface area contributed by atoms with Gasteiger partial charge in [0.15, 0.2) is 0 Å². The summed E-state index contributed by atoms with van der Waals surface area (Å²) in [6, 6.07) is 9.82. The molecule has 0 amide bonds. The average molecular weight is 407 g/mol. The Bertz CT molecular complexity index is 1090. The van der Waals surface area contributed by atoms with E-state index in [0.29, 0.717) is 12.5 Å². The van der Waals surface area contributed by atoms with E-state index in [-0.39, 0.29) is 0 Å². The second-order valence-electron chi connectivity index (χ2n) is 6.37. The van der Waals surface area contributed by atoms with Crippen molar-refractivity contribution in [1.29, 1.82) is 0 Å². The molecule has 0 radical (unpaired) electrons. The van der Waals surface area contributed by atoms with E-state index in [1.165, 1.54) is 0 Å². The molecule has 7 nitrogen and oxygen atoms in total.